The highest BCUT2D eigenvalue weighted by Gasteiger charge is 2.49. The van der Waals surface area contributed by atoms with E-state index in [2.05, 4.69) is 90.2 Å². The Morgan fingerprint density at radius 1 is 0.957 bits per heavy atom. The van der Waals surface area contributed by atoms with Crippen LogP contribution in [0.15, 0.2) is 60.7 Å². The molecule has 0 bridgehead atoms. The molecule has 3 rings (SSSR count). The van der Waals surface area contributed by atoms with Crippen LogP contribution in [0.2, 0.25) is 0 Å². The Hall–Kier alpha value is -0.870. The van der Waals surface area contributed by atoms with Crippen LogP contribution >= 0.6 is 22.6 Å². The van der Waals surface area contributed by atoms with Crippen LogP contribution in [0.4, 0.5) is 0 Å². The summed E-state index contributed by atoms with van der Waals surface area (Å²) < 4.78 is 7.23. The number of rotatable bonds is 6. The molecule has 0 unspecified atom stereocenters. The van der Waals surface area contributed by atoms with E-state index >= 15 is 0 Å². The van der Waals surface area contributed by atoms with E-state index in [-0.39, 0.29) is 5.60 Å². The van der Waals surface area contributed by atoms with Crippen molar-refractivity contribution in [1.29, 1.82) is 0 Å². The molecule has 0 aliphatic carbocycles. The SMILES string of the molecule is CCCCC[C@H]1C[C@@H](I)C(c2ccccc2)(c2ccccc2)O1. The van der Waals surface area contributed by atoms with Crippen molar-refractivity contribution in [2.75, 3.05) is 0 Å². The largest absolute Gasteiger partial charge is 0.361 e. The lowest BCUT2D eigenvalue weighted by Gasteiger charge is -2.34. The molecular weight excluding hydrogens is 395 g/mol. The molecule has 1 aliphatic heterocycles. The van der Waals surface area contributed by atoms with Crippen molar-refractivity contribution >= 4 is 22.6 Å². The van der Waals surface area contributed by atoms with E-state index in [1.54, 1.807) is 0 Å². The molecule has 0 amide bonds. The Morgan fingerprint density at radius 2 is 1.52 bits per heavy atom. The van der Waals surface area contributed by atoms with Crippen LogP contribution in [0.3, 0.4) is 0 Å². The van der Waals surface area contributed by atoms with Crippen molar-refractivity contribution < 1.29 is 4.74 Å². The van der Waals surface area contributed by atoms with Gasteiger partial charge in [0.05, 0.1) is 10.0 Å². The summed E-state index contributed by atoms with van der Waals surface area (Å²) in [4.78, 5) is 0. The van der Waals surface area contributed by atoms with E-state index in [0.29, 0.717) is 10.0 Å². The van der Waals surface area contributed by atoms with Crippen LogP contribution in [0.25, 0.3) is 0 Å². The van der Waals surface area contributed by atoms with Crippen molar-refractivity contribution in [2.24, 2.45) is 0 Å². The summed E-state index contributed by atoms with van der Waals surface area (Å²) in [6, 6.07) is 21.5. The van der Waals surface area contributed by atoms with Crippen LogP contribution in [-0.2, 0) is 10.3 Å². The van der Waals surface area contributed by atoms with E-state index in [0.717, 1.165) is 6.42 Å². The van der Waals surface area contributed by atoms with Crippen LogP contribution < -0.4 is 0 Å². The number of unbranched alkanes of at least 4 members (excludes halogenated alkanes) is 2. The lowest BCUT2D eigenvalue weighted by Crippen LogP contribution is -2.34. The summed E-state index contributed by atoms with van der Waals surface area (Å²) in [6.07, 6.45) is 6.51. The number of ether oxygens (including phenoxy) is 1. The standard InChI is InChI=1S/C21H25IO/c1-2-3-6-15-19-16-20(22)21(23-19,17-11-7-4-8-12-17)18-13-9-5-10-14-18/h4-5,7-14,19-20H,2-3,6,15-16H2,1H3/t19-,20+/m0/s1. The zero-order chi connectivity index (χ0) is 16.1. The molecule has 2 heteroatoms. The maximum atomic E-state index is 6.77. The van der Waals surface area contributed by atoms with Gasteiger partial charge in [0.1, 0.15) is 5.60 Å². The molecule has 1 fully saturated rings. The maximum Gasteiger partial charge on any atom is 0.130 e. The van der Waals surface area contributed by atoms with E-state index < -0.39 is 0 Å². The van der Waals surface area contributed by atoms with E-state index in [1.807, 2.05) is 0 Å². The summed E-state index contributed by atoms with van der Waals surface area (Å²) in [6.45, 7) is 2.26. The fourth-order valence-corrected chi connectivity index (χ4v) is 5.05. The first-order chi connectivity index (χ1) is 11.3. The number of hydrogen-bond donors (Lipinski definition) is 0. The van der Waals surface area contributed by atoms with Crippen LogP contribution in [-0.4, -0.2) is 10.0 Å². The Kier molecular flexibility index (Phi) is 5.76. The predicted molar refractivity (Wildman–Crippen MR) is 105 cm³/mol. The van der Waals surface area contributed by atoms with Gasteiger partial charge < -0.3 is 4.74 Å². The summed E-state index contributed by atoms with van der Waals surface area (Å²) >= 11 is 2.61. The van der Waals surface area contributed by atoms with E-state index in [4.69, 9.17) is 4.74 Å². The van der Waals surface area contributed by atoms with Gasteiger partial charge in [0, 0.05) is 0 Å². The van der Waals surface area contributed by atoms with Crippen molar-refractivity contribution in [3.63, 3.8) is 0 Å². The molecule has 1 saturated heterocycles. The second-order valence-corrected chi connectivity index (χ2v) is 7.91. The second kappa shape index (κ2) is 7.80. The maximum absolute atomic E-state index is 6.77. The summed E-state index contributed by atoms with van der Waals surface area (Å²) in [5, 5.41) is 0. The monoisotopic (exact) mass is 420 g/mol. The molecule has 0 aromatic heterocycles. The van der Waals surface area contributed by atoms with Gasteiger partial charge in [-0.25, -0.2) is 0 Å². The van der Waals surface area contributed by atoms with Crippen molar-refractivity contribution in [3.8, 4) is 0 Å². The Balaban J connectivity index is 1.94. The number of halogens is 1. The molecule has 0 spiro atoms. The van der Waals surface area contributed by atoms with Gasteiger partial charge in [-0.15, -0.1) is 0 Å². The zero-order valence-electron chi connectivity index (χ0n) is 13.7. The Morgan fingerprint density at radius 3 is 2.04 bits per heavy atom. The van der Waals surface area contributed by atoms with Crippen molar-refractivity contribution in [3.05, 3.63) is 71.8 Å². The predicted octanol–water partition coefficient (Wildman–Crippen LogP) is 6.10. The van der Waals surface area contributed by atoms with Crippen LogP contribution in [0.5, 0.6) is 0 Å². The van der Waals surface area contributed by atoms with Gasteiger partial charge >= 0.3 is 0 Å². The molecule has 2 aromatic rings. The lowest BCUT2D eigenvalue weighted by atomic mass is 9.84. The Labute approximate surface area is 153 Å². The number of hydrogen-bond acceptors (Lipinski definition) is 1. The highest BCUT2D eigenvalue weighted by molar-refractivity contribution is 14.1. The molecular formula is C21H25IO. The highest BCUT2D eigenvalue weighted by atomic mass is 127. The molecule has 2 aromatic carbocycles. The number of benzene rings is 2. The smallest absolute Gasteiger partial charge is 0.130 e. The molecule has 122 valence electrons. The van der Waals surface area contributed by atoms with E-state index in [1.165, 1.54) is 36.8 Å². The fourth-order valence-electron chi connectivity index (χ4n) is 3.62. The number of alkyl halides is 1. The van der Waals surface area contributed by atoms with Gasteiger partial charge in [-0.2, -0.15) is 0 Å². The zero-order valence-corrected chi connectivity index (χ0v) is 15.9. The minimum Gasteiger partial charge on any atom is -0.361 e. The van der Waals surface area contributed by atoms with Gasteiger partial charge in [-0.3, -0.25) is 0 Å². The molecule has 23 heavy (non-hydrogen) atoms. The van der Waals surface area contributed by atoms with Crippen molar-refractivity contribution in [2.45, 2.75) is 54.7 Å². The highest BCUT2D eigenvalue weighted by Crippen LogP contribution is 2.49. The molecule has 1 nitrogen and oxygen atoms in total. The normalized spacial score (nSPS) is 23.0. The van der Waals surface area contributed by atoms with E-state index in [9.17, 15) is 0 Å². The summed E-state index contributed by atoms with van der Waals surface area (Å²) in [5.41, 5.74) is 2.26. The molecule has 0 saturated carbocycles. The molecule has 0 N–H and O–H groups in total. The summed E-state index contributed by atoms with van der Waals surface area (Å²) in [7, 11) is 0. The van der Waals surface area contributed by atoms with Crippen molar-refractivity contribution in [1.82, 2.24) is 0 Å². The first kappa shape index (κ1) is 17.0. The van der Waals surface area contributed by atoms with Gasteiger partial charge in [0.2, 0.25) is 0 Å². The minimum atomic E-state index is -0.306. The average Bonchev–Trinajstić information content (AvgIpc) is 2.94. The topological polar surface area (TPSA) is 9.23 Å². The minimum absolute atomic E-state index is 0.306. The Bertz CT molecular complexity index is 556. The van der Waals surface area contributed by atoms with Gasteiger partial charge in [0.25, 0.3) is 0 Å². The van der Waals surface area contributed by atoms with Gasteiger partial charge in [-0.1, -0.05) is 109 Å². The summed E-state index contributed by atoms with van der Waals surface area (Å²) in [5.74, 6) is 0. The molecule has 0 radical (unpaired) electrons. The molecule has 2 atom stereocenters. The molecule has 1 heterocycles. The second-order valence-electron chi connectivity index (χ2n) is 6.41. The molecule has 1 aliphatic rings. The fraction of sp³-hybridized carbons (Fsp3) is 0.429. The first-order valence-electron chi connectivity index (χ1n) is 8.70. The van der Waals surface area contributed by atoms with Gasteiger partial charge in [0.15, 0.2) is 0 Å². The third kappa shape index (κ3) is 3.48. The third-order valence-electron chi connectivity index (χ3n) is 4.80. The lowest BCUT2D eigenvalue weighted by molar-refractivity contribution is -0.0176. The van der Waals surface area contributed by atoms with Gasteiger partial charge in [-0.05, 0) is 24.0 Å². The third-order valence-corrected chi connectivity index (χ3v) is 6.18. The average molecular weight is 420 g/mol. The van der Waals surface area contributed by atoms with Crippen LogP contribution in [0, 0.1) is 0 Å². The first-order valence-corrected chi connectivity index (χ1v) is 9.95. The quantitative estimate of drug-likeness (QED) is 0.312. The van der Waals surface area contributed by atoms with Crippen LogP contribution in [0.1, 0.15) is 50.2 Å².